The minimum Gasteiger partial charge on any atom is -0.457 e. The zero-order chi connectivity index (χ0) is 33.9. The minimum atomic E-state index is -0.596. The molecule has 0 aliphatic carbocycles. The molecular formula is C41H69NO4. The lowest BCUT2D eigenvalue weighted by atomic mass is 10.1. The van der Waals surface area contributed by atoms with E-state index in [2.05, 4.69) is 86.8 Å². The number of hydrogen-bond donors (Lipinski definition) is 0. The summed E-state index contributed by atoms with van der Waals surface area (Å²) >= 11 is 0. The van der Waals surface area contributed by atoms with Crippen molar-refractivity contribution >= 4 is 11.9 Å². The van der Waals surface area contributed by atoms with Gasteiger partial charge in [-0.05, 0) is 111 Å². The normalized spacial score (nSPS) is 13.9. The van der Waals surface area contributed by atoms with Crippen LogP contribution in [0.3, 0.4) is 0 Å². The Balaban J connectivity index is 4.02. The Hall–Kier alpha value is -2.66. The molecule has 5 heteroatoms. The van der Waals surface area contributed by atoms with Crippen LogP contribution in [0.5, 0.6) is 0 Å². The molecule has 0 fully saturated rings. The number of carbonyl (C=O) groups is 2. The number of esters is 2. The number of unbranched alkanes of at least 4 members (excludes halogenated alkanes) is 10. The van der Waals surface area contributed by atoms with Gasteiger partial charge in [0.1, 0.15) is 6.10 Å². The van der Waals surface area contributed by atoms with Gasteiger partial charge in [0, 0.05) is 12.8 Å². The van der Waals surface area contributed by atoms with Crippen LogP contribution in [0.1, 0.15) is 149 Å². The quantitative estimate of drug-likeness (QED) is 0.0339. The molecule has 0 N–H and O–H groups in total. The Kier molecular flexibility index (Phi) is 31.7. The standard InChI is InChI=1S/C41H69NO4/c1-6-8-10-12-14-16-18-20-22-24-26-28-30-32-34-36-39(43)45-38(3)41(42(4)5)46-40(44)37-35-33-31-29-27-25-23-21-19-17-15-13-11-9-7-2/h14-17,20-23,26-29,38,41H,6-13,18-19,24-25,30-37H2,1-5H3/b16-14-,17-15-,22-20-,23-21-,28-26-,29-27-. The molecule has 0 bridgehead atoms. The van der Waals surface area contributed by atoms with Crippen LogP contribution in [0.4, 0.5) is 0 Å². The summed E-state index contributed by atoms with van der Waals surface area (Å²) in [4.78, 5) is 26.7. The maximum atomic E-state index is 12.5. The van der Waals surface area contributed by atoms with E-state index in [0.717, 1.165) is 64.2 Å². The van der Waals surface area contributed by atoms with Gasteiger partial charge in [-0.3, -0.25) is 14.5 Å². The van der Waals surface area contributed by atoms with Crippen molar-refractivity contribution in [2.75, 3.05) is 14.1 Å². The van der Waals surface area contributed by atoms with E-state index in [0.29, 0.717) is 12.8 Å². The SMILES string of the molecule is CCCCC/C=C\C/C=C\C/C=C\CCCCC(=O)OC(C)C(OC(=O)CCCC/C=C\C/C=C\C/C=C\CCCCC)N(C)C. The molecule has 0 aromatic rings. The van der Waals surface area contributed by atoms with Crippen molar-refractivity contribution < 1.29 is 19.1 Å². The monoisotopic (exact) mass is 640 g/mol. The predicted octanol–water partition coefficient (Wildman–Crippen LogP) is 11.5. The number of rotatable bonds is 30. The summed E-state index contributed by atoms with van der Waals surface area (Å²) in [6.45, 7) is 6.25. The Labute approximate surface area is 284 Å². The first kappa shape index (κ1) is 43.3. The third-order valence-electron chi connectivity index (χ3n) is 7.52. The second kappa shape index (κ2) is 33.7. The molecule has 2 atom stereocenters. The van der Waals surface area contributed by atoms with Crippen LogP contribution in [0.15, 0.2) is 72.9 Å². The molecule has 0 aromatic heterocycles. The summed E-state index contributed by atoms with van der Waals surface area (Å²) in [5, 5.41) is 0. The van der Waals surface area contributed by atoms with E-state index in [1.165, 1.54) is 51.4 Å². The van der Waals surface area contributed by atoms with E-state index in [1.54, 1.807) is 11.8 Å². The highest BCUT2D eigenvalue weighted by Crippen LogP contribution is 2.13. The Morgan fingerprint density at radius 1 is 0.500 bits per heavy atom. The van der Waals surface area contributed by atoms with Crippen LogP contribution in [0.2, 0.25) is 0 Å². The number of carbonyl (C=O) groups excluding carboxylic acids is 2. The van der Waals surface area contributed by atoms with Crippen LogP contribution in [-0.2, 0) is 19.1 Å². The smallest absolute Gasteiger partial charge is 0.307 e. The number of allylic oxidation sites excluding steroid dienone is 12. The van der Waals surface area contributed by atoms with E-state index in [1.807, 2.05) is 14.1 Å². The highest BCUT2D eigenvalue weighted by molar-refractivity contribution is 5.70. The second-order valence-electron chi connectivity index (χ2n) is 12.3. The molecule has 0 aliphatic heterocycles. The lowest BCUT2D eigenvalue weighted by Crippen LogP contribution is -2.43. The number of ether oxygens (including phenoxy) is 2. The third kappa shape index (κ3) is 30.0. The summed E-state index contributed by atoms with van der Waals surface area (Å²) < 4.78 is 11.3. The lowest BCUT2D eigenvalue weighted by Gasteiger charge is -2.29. The van der Waals surface area contributed by atoms with Crippen molar-refractivity contribution in [2.45, 2.75) is 162 Å². The first-order chi connectivity index (χ1) is 22.4. The Bertz CT molecular complexity index is 896. The van der Waals surface area contributed by atoms with Crippen molar-refractivity contribution in [2.24, 2.45) is 0 Å². The molecule has 0 saturated heterocycles. The molecule has 46 heavy (non-hydrogen) atoms. The van der Waals surface area contributed by atoms with Gasteiger partial charge in [-0.1, -0.05) is 112 Å². The van der Waals surface area contributed by atoms with Gasteiger partial charge in [-0.25, -0.2) is 0 Å². The first-order valence-corrected chi connectivity index (χ1v) is 18.4. The van der Waals surface area contributed by atoms with E-state index < -0.39 is 12.3 Å². The summed E-state index contributed by atoms with van der Waals surface area (Å²) in [6.07, 6.45) is 45.6. The molecule has 2 unspecified atom stereocenters. The minimum absolute atomic E-state index is 0.245. The van der Waals surface area contributed by atoms with E-state index in [9.17, 15) is 9.59 Å². The topological polar surface area (TPSA) is 55.8 Å². The number of likely N-dealkylation sites (N-methyl/N-ethyl adjacent to an activating group) is 1. The maximum absolute atomic E-state index is 12.5. The lowest BCUT2D eigenvalue weighted by molar-refractivity contribution is -0.179. The fraction of sp³-hybridized carbons (Fsp3) is 0.659. The van der Waals surface area contributed by atoms with E-state index in [4.69, 9.17) is 9.47 Å². The van der Waals surface area contributed by atoms with Crippen molar-refractivity contribution in [3.8, 4) is 0 Å². The van der Waals surface area contributed by atoms with Gasteiger partial charge in [0.05, 0.1) is 0 Å². The van der Waals surface area contributed by atoms with Gasteiger partial charge >= 0.3 is 11.9 Å². The van der Waals surface area contributed by atoms with Crippen molar-refractivity contribution in [3.05, 3.63) is 72.9 Å². The molecule has 0 aliphatic rings. The summed E-state index contributed by atoms with van der Waals surface area (Å²) in [7, 11) is 3.66. The van der Waals surface area contributed by atoms with E-state index >= 15 is 0 Å². The summed E-state index contributed by atoms with van der Waals surface area (Å²) in [6, 6.07) is 0. The average Bonchev–Trinajstić information content (AvgIpc) is 3.03. The van der Waals surface area contributed by atoms with Crippen LogP contribution in [-0.4, -0.2) is 43.3 Å². The van der Waals surface area contributed by atoms with E-state index in [-0.39, 0.29) is 11.9 Å². The average molecular weight is 640 g/mol. The second-order valence-corrected chi connectivity index (χ2v) is 12.3. The third-order valence-corrected chi connectivity index (χ3v) is 7.52. The molecule has 0 heterocycles. The fourth-order valence-corrected chi connectivity index (χ4v) is 4.78. The van der Waals surface area contributed by atoms with Gasteiger partial charge in [-0.15, -0.1) is 0 Å². The molecule has 0 amide bonds. The maximum Gasteiger partial charge on any atom is 0.307 e. The fourth-order valence-electron chi connectivity index (χ4n) is 4.78. The molecule has 0 rings (SSSR count). The van der Waals surface area contributed by atoms with Gasteiger partial charge < -0.3 is 9.47 Å². The Morgan fingerprint density at radius 3 is 1.17 bits per heavy atom. The zero-order valence-electron chi connectivity index (χ0n) is 30.3. The van der Waals surface area contributed by atoms with Gasteiger partial charge in [0.15, 0.2) is 6.23 Å². The highest BCUT2D eigenvalue weighted by atomic mass is 16.6. The van der Waals surface area contributed by atoms with Gasteiger partial charge in [0.25, 0.3) is 0 Å². The number of nitrogens with zero attached hydrogens (tertiary/aromatic N) is 1. The molecule has 0 spiro atoms. The van der Waals surface area contributed by atoms with Crippen LogP contribution < -0.4 is 0 Å². The van der Waals surface area contributed by atoms with Crippen LogP contribution in [0.25, 0.3) is 0 Å². The highest BCUT2D eigenvalue weighted by Gasteiger charge is 2.26. The zero-order valence-corrected chi connectivity index (χ0v) is 30.3. The molecule has 262 valence electrons. The van der Waals surface area contributed by atoms with Crippen LogP contribution >= 0.6 is 0 Å². The Morgan fingerprint density at radius 2 is 0.826 bits per heavy atom. The molecule has 0 radical (unpaired) electrons. The van der Waals surface area contributed by atoms with Gasteiger partial charge in [0.2, 0.25) is 0 Å². The van der Waals surface area contributed by atoms with Crippen LogP contribution in [0, 0.1) is 0 Å². The summed E-state index contributed by atoms with van der Waals surface area (Å²) in [5.74, 6) is -0.498. The first-order valence-electron chi connectivity index (χ1n) is 18.4. The number of hydrogen-bond acceptors (Lipinski definition) is 5. The summed E-state index contributed by atoms with van der Waals surface area (Å²) in [5.41, 5.74) is 0. The molecule has 0 aromatic carbocycles. The van der Waals surface area contributed by atoms with Gasteiger partial charge in [-0.2, -0.15) is 0 Å². The molecule has 0 saturated carbocycles. The van der Waals surface area contributed by atoms with Crippen molar-refractivity contribution in [1.82, 2.24) is 4.90 Å². The van der Waals surface area contributed by atoms with Crippen molar-refractivity contribution in [3.63, 3.8) is 0 Å². The molecule has 5 nitrogen and oxygen atoms in total. The predicted molar refractivity (Wildman–Crippen MR) is 198 cm³/mol. The largest absolute Gasteiger partial charge is 0.457 e. The van der Waals surface area contributed by atoms with Crippen molar-refractivity contribution in [1.29, 1.82) is 0 Å². The molecular weight excluding hydrogens is 570 g/mol.